The third-order valence-corrected chi connectivity index (χ3v) is 7.49. The van der Waals surface area contributed by atoms with Crippen molar-refractivity contribution in [2.75, 3.05) is 31.1 Å². The molecular formula is C30H30FN7O. The fourth-order valence-electron chi connectivity index (χ4n) is 5.40. The summed E-state index contributed by atoms with van der Waals surface area (Å²) in [7, 11) is 0. The zero-order valence-electron chi connectivity index (χ0n) is 21.8. The Balaban J connectivity index is 1.40. The lowest BCUT2D eigenvalue weighted by molar-refractivity contribution is 0.200. The second kappa shape index (κ2) is 10.8. The van der Waals surface area contributed by atoms with Crippen molar-refractivity contribution < 1.29 is 4.39 Å². The highest BCUT2D eigenvalue weighted by molar-refractivity contribution is 5.80. The van der Waals surface area contributed by atoms with E-state index in [4.69, 9.17) is 0 Å². The average Bonchev–Trinajstić information content (AvgIpc) is 3.42. The molecule has 1 saturated heterocycles. The number of hydrogen-bond acceptors (Lipinski definition) is 6. The number of halogens is 1. The van der Waals surface area contributed by atoms with Gasteiger partial charge in [0.1, 0.15) is 11.9 Å². The summed E-state index contributed by atoms with van der Waals surface area (Å²) in [5.74, 6) is 0.377. The molecule has 0 bridgehead atoms. The van der Waals surface area contributed by atoms with Crippen molar-refractivity contribution in [3.8, 4) is 0 Å². The van der Waals surface area contributed by atoms with Gasteiger partial charge in [-0.25, -0.2) is 9.07 Å². The Labute approximate surface area is 225 Å². The largest absolute Gasteiger partial charge is 0.367 e. The minimum absolute atomic E-state index is 0.164. The molecule has 3 aromatic carbocycles. The molecular weight excluding hydrogens is 493 g/mol. The minimum atomic E-state index is -0.468. The fraction of sp³-hybridized carbons (Fsp3) is 0.267. The van der Waals surface area contributed by atoms with Gasteiger partial charge in [0.25, 0.3) is 5.56 Å². The monoisotopic (exact) mass is 523 g/mol. The summed E-state index contributed by atoms with van der Waals surface area (Å²) >= 11 is 0. The van der Waals surface area contributed by atoms with E-state index in [1.165, 1.54) is 11.6 Å². The lowest BCUT2D eigenvalue weighted by Crippen LogP contribution is -2.49. The van der Waals surface area contributed by atoms with Crippen molar-refractivity contribution in [1.82, 2.24) is 30.1 Å². The molecule has 9 heteroatoms. The van der Waals surface area contributed by atoms with Crippen LogP contribution < -0.4 is 10.5 Å². The van der Waals surface area contributed by atoms with Gasteiger partial charge in [0.15, 0.2) is 5.82 Å². The lowest BCUT2D eigenvalue weighted by Gasteiger charge is -2.39. The van der Waals surface area contributed by atoms with Gasteiger partial charge in [-0.05, 0) is 63.7 Å². The Hall–Kier alpha value is -4.37. The van der Waals surface area contributed by atoms with E-state index in [2.05, 4.69) is 38.4 Å². The quantitative estimate of drug-likeness (QED) is 0.345. The zero-order valence-corrected chi connectivity index (χ0v) is 21.8. The van der Waals surface area contributed by atoms with Gasteiger partial charge in [-0.1, -0.05) is 55.5 Å². The van der Waals surface area contributed by atoms with Gasteiger partial charge >= 0.3 is 0 Å². The lowest BCUT2D eigenvalue weighted by atomic mass is 10.0. The Kier molecular flexibility index (Phi) is 6.89. The molecule has 0 amide bonds. The molecule has 0 saturated carbocycles. The summed E-state index contributed by atoms with van der Waals surface area (Å²) in [4.78, 5) is 20.9. The highest BCUT2D eigenvalue weighted by Crippen LogP contribution is 2.30. The van der Waals surface area contributed by atoms with Gasteiger partial charge in [0.05, 0.1) is 12.2 Å². The van der Waals surface area contributed by atoms with Gasteiger partial charge < -0.3 is 9.88 Å². The number of piperazine rings is 1. The van der Waals surface area contributed by atoms with Crippen LogP contribution in [-0.4, -0.2) is 56.3 Å². The summed E-state index contributed by atoms with van der Waals surface area (Å²) in [5.41, 5.74) is 4.09. The van der Waals surface area contributed by atoms with Crippen molar-refractivity contribution in [3.63, 3.8) is 0 Å². The number of aromatic nitrogens is 5. The second-order valence-electron chi connectivity index (χ2n) is 9.89. The standard InChI is InChI=1S/C30H30FN7O/c1-2-21-12-13-26-23(18-21)19-24(30(39)32-26)28(29-33-34-35-38(29)20-22-8-4-3-5-9-22)37-16-14-36(15-17-37)27-11-7-6-10-25(27)31/h3-13,18-19,28H,2,14-17,20H2,1H3,(H,32,39)/t28-/m1/s1. The fourth-order valence-corrected chi connectivity index (χ4v) is 5.40. The first kappa shape index (κ1) is 24.9. The van der Waals surface area contributed by atoms with E-state index in [1.54, 1.807) is 10.7 Å². The van der Waals surface area contributed by atoms with Crippen LogP contribution in [0.25, 0.3) is 10.9 Å². The second-order valence-corrected chi connectivity index (χ2v) is 9.89. The molecule has 0 spiro atoms. The number of aromatic amines is 1. The van der Waals surface area contributed by atoms with Crippen molar-refractivity contribution in [2.45, 2.75) is 25.9 Å². The smallest absolute Gasteiger partial charge is 0.253 e. The maximum Gasteiger partial charge on any atom is 0.253 e. The van der Waals surface area contributed by atoms with Crippen LogP contribution in [0, 0.1) is 5.82 Å². The molecule has 0 unspecified atom stereocenters. The number of aryl methyl sites for hydroxylation is 1. The third-order valence-electron chi connectivity index (χ3n) is 7.49. The first-order chi connectivity index (χ1) is 19.1. The van der Waals surface area contributed by atoms with Crippen LogP contribution in [0.2, 0.25) is 0 Å². The van der Waals surface area contributed by atoms with E-state index in [1.807, 2.05) is 65.6 Å². The molecule has 8 nitrogen and oxygen atoms in total. The van der Waals surface area contributed by atoms with Crippen LogP contribution in [0.3, 0.4) is 0 Å². The van der Waals surface area contributed by atoms with Crippen LogP contribution in [0.1, 0.15) is 35.5 Å². The van der Waals surface area contributed by atoms with E-state index in [-0.39, 0.29) is 11.4 Å². The zero-order chi connectivity index (χ0) is 26.8. The van der Waals surface area contributed by atoms with E-state index in [9.17, 15) is 9.18 Å². The van der Waals surface area contributed by atoms with Crippen LogP contribution in [0.15, 0.2) is 83.7 Å². The number of H-pyrrole nitrogens is 1. The molecule has 0 aliphatic carbocycles. The summed E-state index contributed by atoms with van der Waals surface area (Å²) in [6, 6.07) is 24.5. The van der Waals surface area contributed by atoms with Crippen LogP contribution in [-0.2, 0) is 13.0 Å². The van der Waals surface area contributed by atoms with Crippen LogP contribution >= 0.6 is 0 Å². The first-order valence-corrected chi connectivity index (χ1v) is 13.3. The number of rotatable bonds is 7. The number of pyridine rings is 1. The van der Waals surface area contributed by atoms with Gasteiger partial charge in [0.2, 0.25) is 0 Å². The maximum atomic E-state index is 14.5. The molecule has 39 heavy (non-hydrogen) atoms. The van der Waals surface area contributed by atoms with Crippen LogP contribution in [0.5, 0.6) is 0 Å². The van der Waals surface area contributed by atoms with Crippen molar-refractivity contribution >= 4 is 16.6 Å². The number of nitrogens with one attached hydrogen (secondary N) is 1. The number of anilines is 1. The molecule has 1 aliphatic rings. The van der Waals surface area contributed by atoms with Gasteiger partial charge in [-0.2, -0.15) is 0 Å². The number of para-hydroxylation sites is 1. The van der Waals surface area contributed by atoms with Crippen molar-refractivity contribution in [1.29, 1.82) is 0 Å². The molecule has 1 fully saturated rings. The van der Waals surface area contributed by atoms with Crippen molar-refractivity contribution in [3.05, 3.63) is 118 Å². The summed E-state index contributed by atoms with van der Waals surface area (Å²) in [6.07, 6.45) is 0.904. The van der Waals surface area contributed by atoms with E-state index in [0.29, 0.717) is 49.8 Å². The van der Waals surface area contributed by atoms with Crippen LogP contribution in [0.4, 0.5) is 10.1 Å². The Morgan fingerprint density at radius 1 is 0.923 bits per heavy atom. The topological polar surface area (TPSA) is 82.9 Å². The normalized spacial score (nSPS) is 15.1. The molecule has 5 aromatic rings. The highest BCUT2D eigenvalue weighted by atomic mass is 19.1. The predicted molar refractivity (Wildman–Crippen MR) is 149 cm³/mol. The molecule has 0 radical (unpaired) electrons. The number of benzene rings is 3. The van der Waals surface area contributed by atoms with E-state index < -0.39 is 6.04 Å². The number of hydrogen-bond donors (Lipinski definition) is 1. The predicted octanol–water partition coefficient (Wildman–Crippen LogP) is 4.18. The van der Waals surface area contributed by atoms with Gasteiger partial charge in [0, 0.05) is 37.3 Å². The SMILES string of the molecule is CCc1ccc2[nH]c(=O)c([C@H](c3nnnn3Cc3ccccc3)N3CCN(c4ccccc4F)CC3)cc2c1. The molecule has 1 atom stereocenters. The number of tetrazole rings is 1. The molecule has 6 rings (SSSR count). The Morgan fingerprint density at radius 3 is 2.46 bits per heavy atom. The minimum Gasteiger partial charge on any atom is -0.367 e. The highest BCUT2D eigenvalue weighted by Gasteiger charge is 2.33. The van der Waals surface area contributed by atoms with Gasteiger partial charge in [-0.15, -0.1) is 5.10 Å². The van der Waals surface area contributed by atoms with Gasteiger partial charge in [-0.3, -0.25) is 9.69 Å². The first-order valence-electron chi connectivity index (χ1n) is 13.3. The molecule has 198 valence electrons. The van der Waals surface area contributed by atoms with Crippen molar-refractivity contribution in [2.24, 2.45) is 0 Å². The summed E-state index contributed by atoms with van der Waals surface area (Å²) in [5, 5.41) is 13.7. The third kappa shape index (κ3) is 5.05. The van der Waals surface area contributed by atoms with E-state index in [0.717, 1.165) is 22.9 Å². The summed E-state index contributed by atoms with van der Waals surface area (Å²) in [6.45, 7) is 5.06. The van der Waals surface area contributed by atoms with E-state index >= 15 is 0 Å². The molecule has 2 aromatic heterocycles. The Morgan fingerprint density at radius 2 is 1.69 bits per heavy atom. The average molecular weight is 524 g/mol. The Bertz CT molecular complexity index is 1640. The number of nitrogens with zero attached hydrogens (tertiary/aromatic N) is 6. The molecule has 1 aliphatic heterocycles. The summed E-state index contributed by atoms with van der Waals surface area (Å²) < 4.78 is 16.3. The molecule has 1 N–H and O–H groups in total. The maximum absolute atomic E-state index is 14.5. The molecule has 3 heterocycles. The number of fused-ring (bicyclic) bond motifs is 1.